The Kier molecular flexibility index (Phi) is 7.71. The van der Waals surface area contributed by atoms with Crippen molar-refractivity contribution in [2.45, 2.75) is 93.9 Å². The standard InChI is InChI=1S/C28H32F6N2O2/c1-13-14(2)22-10-36(26(38)28(32,33)34)12-24-19(7)17(5)23(18(6)20(24)8)11-35(25(37)27(29,30)31)9-21(13)15(3)16(22)4/h9-12H2,1-8H3. The third-order valence-corrected chi connectivity index (χ3v) is 8.33. The molecule has 6 rings (SSSR count). The monoisotopic (exact) mass is 542 g/mol. The van der Waals surface area contributed by atoms with Crippen LogP contribution in [-0.2, 0) is 35.8 Å². The summed E-state index contributed by atoms with van der Waals surface area (Å²) in [6.07, 6.45) is -10.2. The highest BCUT2D eigenvalue weighted by molar-refractivity contribution is 5.83. The summed E-state index contributed by atoms with van der Waals surface area (Å²) in [5.41, 5.74) is 6.65. The van der Waals surface area contributed by atoms with Crippen molar-refractivity contribution in [3.05, 3.63) is 66.8 Å². The number of rotatable bonds is 0. The van der Waals surface area contributed by atoms with Gasteiger partial charge in [0, 0.05) is 26.2 Å². The summed E-state index contributed by atoms with van der Waals surface area (Å²) in [5.74, 6) is -3.91. The molecule has 0 fully saturated rings. The van der Waals surface area contributed by atoms with Gasteiger partial charge in [-0.25, -0.2) is 0 Å². The van der Waals surface area contributed by atoms with Gasteiger partial charge in [0.15, 0.2) is 0 Å². The number of alkyl halides is 6. The number of hydrogen-bond donors (Lipinski definition) is 0. The van der Waals surface area contributed by atoms with E-state index >= 15 is 0 Å². The van der Waals surface area contributed by atoms with Gasteiger partial charge in [0.25, 0.3) is 0 Å². The normalized spacial score (nSPS) is 14.8. The fraction of sp³-hybridized carbons (Fsp3) is 0.500. The molecule has 0 aliphatic carbocycles. The maximum absolute atomic E-state index is 13.7. The van der Waals surface area contributed by atoms with E-state index in [1.807, 2.05) is 0 Å². The van der Waals surface area contributed by atoms with Crippen LogP contribution >= 0.6 is 0 Å². The molecule has 0 spiro atoms. The lowest BCUT2D eigenvalue weighted by Gasteiger charge is -2.33. The number of benzene rings is 2. The Balaban J connectivity index is 2.40. The Morgan fingerprint density at radius 1 is 0.447 bits per heavy atom. The van der Waals surface area contributed by atoms with E-state index in [1.54, 1.807) is 55.4 Å². The van der Waals surface area contributed by atoms with Crippen molar-refractivity contribution >= 4 is 11.8 Å². The van der Waals surface area contributed by atoms with Crippen LogP contribution in [0.5, 0.6) is 0 Å². The summed E-state index contributed by atoms with van der Waals surface area (Å²) in [7, 11) is 0. The van der Waals surface area contributed by atoms with Gasteiger partial charge < -0.3 is 9.80 Å². The summed E-state index contributed by atoms with van der Waals surface area (Å²) in [6, 6.07) is 0. The summed E-state index contributed by atoms with van der Waals surface area (Å²) in [6.45, 7) is 12.2. The second-order valence-electron chi connectivity index (χ2n) is 10.2. The first kappa shape index (κ1) is 29.5. The van der Waals surface area contributed by atoms with Crippen LogP contribution in [0, 0.1) is 55.4 Å². The van der Waals surface area contributed by atoms with Gasteiger partial charge in [-0.05, 0) is 122 Å². The van der Waals surface area contributed by atoms with Crippen LogP contribution in [0.2, 0.25) is 0 Å². The average Bonchev–Trinajstić information content (AvgIpc) is 2.82. The second-order valence-corrected chi connectivity index (χ2v) is 10.2. The predicted molar refractivity (Wildman–Crippen MR) is 131 cm³/mol. The third-order valence-electron chi connectivity index (χ3n) is 8.33. The third kappa shape index (κ3) is 5.14. The molecule has 0 saturated carbocycles. The van der Waals surface area contributed by atoms with Crippen molar-refractivity contribution in [3.63, 3.8) is 0 Å². The highest BCUT2D eigenvalue weighted by atomic mass is 19.4. The van der Waals surface area contributed by atoms with E-state index in [9.17, 15) is 35.9 Å². The van der Waals surface area contributed by atoms with E-state index in [4.69, 9.17) is 0 Å². The van der Waals surface area contributed by atoms with Crippen molar-refractivity contribution in [1.29, 1.82) is 0 Å². The number of amides is 2. The van der Waals surface area contributed by atoms with Gasteiger partial charge in [-0.3, -0.25) is 9.59 Å². The summed E-state index contributed by atoms with van der Waals surface area (Å²) in [4.78, 5) is 26.8. The Labute approximate surface area is 218 Å². The molecule has 0 N–H and O–H groups in total. The lowest BCUT2D eigenvalue weighted by molar-refractivity contribution is -0.187. The first-order chi connectivity index (χ1) is 17.3. The summed E-state index contributed by atoms with van der Waals surface area (Å²) in [5, 5.41) is 0. The minimum Gasteiger partial charge on any atom is -0.326 e. The van der Waals surface area contributed by atoms with Crippen molar-refractivity contribution in [2.75, 3.05) is 0 Å². The molecule has 4 heterocycles. The van der Waals surface area contributed by atoms with E-state index in [2.05, 4.69) is 0 Å². The molecular formula is C28H32F6N2O2. The molecule has 0 saturated heterocycles. The first-order valence-electron chi connectivity index (χ1n) is 12.2. The van der Waals surface area contributed by atoms with Crippen LogP contribution in [0.4, 0.5) is 26.3 Å². The molecule has 2 amide bonds. The molecule has 208 valence electrons. The second kappa shape index (κ2) is 9.93. The van der Waals surface area contributed by atoms with Crippen LogP contribution < -0.4 is 0 Å². The number of nitrogens with zero attached hydrogens (tertiary/aromatic N) is 2. The molecule has 2 aromatic rings. The van der Waals surface area contributed by atoms with E-state index < -0.39 is 24.2 Å². The highest BCUT2D eigenvalue weighted by Gasteiger charge is 2.44. The Bertz CT molecular complexity index is 1090. The lowest BCUT2D eigenvalue weighted by atomic mass is 9.86. The SMILES string of the molecule is Cc1c(C)c2c(C)c(C)c1CN(C(=O)C(F)(F)F)Cc1c(C)c(C)c(c(C)c1C)CN(C(=O)C(F)(F)F)C2. The molecule has 0 atom stereocenters. The smallest absolute Gasteiger partial charge is 0.326 e. The van der Waals surface area contributed by atoms with Crippen LogP contribution in [0.3, 0.4) is 0 Å². The van der Waals surface area contributed by atoms with Crippen molar-refractivity contribution in [1.82, 2.24) is 9.80 Å². The Morgan fingerprint density at radius 3 is 0.737 bits per heavy atom. The quantitative estimate of drug-likeness (QED) is 0.350. The molecule has 10 heteroatoms. The van der Waals surface area contributed by atoms with Gasteiger partial charge in [0.05, 0.1) is 0 Å². The maximum Gasteiger partial charge on any atom is 0.471 e. The minimum absolute atomic E-state index is 0.318. The van der Waals surface area contributed by atoms with E-state index in [0.29, 0.717) is 66.8 Å². The zero-order valence-corrected chi connectivity index (χ0v) is 22.8. The fourth-order valence-corrected chi connectivity index (χ4v) is 5.41. The van der Waals surface area contributed by atoms with E-state index in [1.165, 1.54) is 0 Å². The molecule has 4 aliphatic rings. The van der Waals surface area contributed by atoms with Crippen molar-refractivity contribution < 1.29 is 35.9 Å². The van der Waals surface area contributed by atoms with Crippen LogP contribution in [0.1, 0.15) is 66.8 Å². The molecule has 4 bridgehead atoms. The van der Waals surface area contributed by atoms with Gasteiger partial charge in [0.2, 0.25) is 0 Å². The zero-order valence-electron chi connectivity index (χ0n) is 22.8. The molecule has 0 aromatic heterocycles. The summed E-state index contributed by atoms with van der Waals surface area (Å²) >= 11 is 0. The van der Waals surface area contributed by atoms with Gasteiger partial charge >= 0.3 is 24.2 Å². The maximum atomic E-state index is 13.7. The van der Waals surface area contributed by atoms with Crippen LogP contribution in [-0.4, -0.2) is 34.0 Å². The predicted octanol–water partition coefficient (Wildman–Crippen LogP) is 6.65. The fourth-order valence-electron chi connectivity index (χ4n) is 5.41. The van der Waals surface area contributed by atoms with Crippen molar-refractivity contribution in [3.8, 4) is 0 Å². The Morgan fingerprint density at radius 2 is 0.605 bits per heavy atom. The highest BCUT2D eigenvalue weighted by Crippen LogP contribution is 2.35. The number of carbonyl (C=O) groups is 2. The van der Waals surface area contributed by atoms with Gasteiger partial charge in [-0.2, -0.15) is 26.3 Å². The number of carbonyl (C=O) groups excluding carboxylic acids is 2. The lowest BCUT2D eigenvalue weighted by Crippen LogP contribution is -2.42. The van der Waals surface area contributed by atoms with E-state index in [0.717, 1.165) is 9.80 Å². The van der Waals surface area contributed by atoms with Gasteiger partial charge in [0.1, 0.15) is 0 Å². The molecular weight excluding hydrogens is 510 g/mol. The number of halogens is 6. The molecule has 0 radical (unpaired) electrons. The largest absolute Gasteiger partial charge is 0.471 e. The molecule has 4 nitrogen and oxygen atoms in total. The van der Waals surface area contributed by atoms with Gasteiger partial charge in [-0.1, -0.05) is 0 Å². The molecule has 0 unspecified atom stereocenters. The average molecular weight is 543 g/mol. The van der Waals surface area contributed by atoms with E-state index in [-0.39, 0.29) is 26.2 Å². The minimum atomic E-state index is -5.08. The molecule has 4 aliphatic heterocycles. The zero-order chi connectivity index (χ0) is 29.1. The van der Waals surface area contributed by atoms with Crippen LogP contribution in [0.25, 0.3) is 0 Å². The van der Waals surface area contributed by atoms with Crippen LogP contribution in [0.15, 0.2) is 0 Å². The van der Waals surface area contributed by atoms with Crippen molar-refractivity contribution in [2.24, 2.45) is 0 Å². The Hall–Kier alpha value is -3.04. The first-order valence-corrected chi connectivity index (χ1v) is 12.2. The molecule has 2 aromatic carbocycles. The topological polar surface area (TPSA) is 40.6 Å². The van der Waals surface area contributed by atoms with Gasteiger partial charge in [-0.15, -0.1) is 0 Å². The molecule has 38 heavy (non-hydrogen) atoms. The summed E-state index contributed by atoms with van der Waals surface area (Å²) < 4.78 is 82.3. The number of hydrogen-bond acceptors (Lipinski definition) is 2.